The first-order valence-corrected chi connectivity index (χ1v) is 6.61. The van der Waals surface area contributed by atoms with Crippen LogP contribution in [-0.2, 0) is 6.42 Å². The smallest absolute Gasteiger partial charge is 0.148 e. The van der Waals surface area contributed by atoms with Gasteiger partial charge in [-0.25, -0.2) is 0 Å². The van der Waals surface area contributed by atoms with E-state index in [0.29, 0.717) is 0 Å². The minimum atomic E-state index is 0.260. The molecule has 0 N–H and O–H groups in total. The highest BCUT2D eigenvalue weighted by Gasteiger charge is 1.99. The Morgan fingerprint density at radius 2 is 1.90 bits per heavy atom. The molecule has 0 aliphatic heterocycles. The normalized spacial score (nSPS) is 10.4. The van der Waals surface area contributed by atoms with Crippen molar-refractivity contribution < 1.29 is 4.74 Å². The summed E-state index contributed by atoms with van der Waals surface area (Å²) in [7, 11) is 0. The van der Waals surface area contributed by atoms with E-state index >= 15 is 0 Å². The molecule has 0 spiro atoms. The van der Waals surface area contributed by atoms with E-state index < -0.39 is 0 Å². The van der Waals surface area contributed by atoms with Gasteiger partial charge in [-0.1, -0.05) is 37.1 Å². The first-order valence-electron chi connectivity index (χ1n) is 6.61. The summed E-state index contributed by atoms with van der Waals surface area (Å²) in [5, 5.41) is 0. The third-order valence-corrected chi connectivity index (χ3v) is 2.93. The maximum absolute atomic E-state index is 5.48. The number of rotatable bonds is 5. The summed E-state index contributed by atoms with van der Waals surface area (Å²) in [6.07, 6.45) is 8.04. The van der Waals surface area contributed by atoms with E-state index in [1.54, 1.807) is 6.21 Å². The first-order chi connectivity index (χ1) is 9.83. The molecule has 0 fully saturated rings. The van der Waals surface area contributed by atoms with Crippen LogP contribution in [-0.4, -0.2) is 12.8 Å². The molecule has 0 saturated heterocycles. The summed E-state index contributed by atoms with van der Waals surface area (Å²) in [6, 6.07) is 15.9. The fourth-order valence-corrected chi connectivity index (χ4v) is 1.80. The standard InChI is InChI=1S/C18H17NO/c1-3-13-20-18-8-6-5-7-16(18)14-19-17-11-9-15(4-2)10-12-17/h1,5-12,14H,4,13H2,2H3. The lowest BCUT2D eigenvalue weighted by atomic mass is 10.1. The Bertz CT molecular complexity index is 621. The predicted molar refractivity (Wildman–Crippen MR) is 83.8 cm³/mol. The topological polar surface area (TPSA) is 21.6 Å². The van der Waals surface area contributed by atoms with Crippen LogP contribution in [0.1, 0.15) is 18.1 Å². The molecule has 0 aromatic heterocycles. The molecule has 0 saturated carbocycles. The van der Waals surface area contributed by atoms with Gasteiger partial charge in [0.05, 0.1) is 5.69 Å². The van der Waals surface area contributed by atoms with Gasteiger partial charge in [-0.05, 0) is 36.2 Å². The van der Waals surface area contributed by atoms with Gasteiger partial charge in [0.15, 0.2) is 0 Å². The van der Waals surface area contributed by atoms with Gasteiger partial charge < -0.3 is 4.74 Å². The summed E-state index contributed by atoms with van der Waals surface area (Å²) in [5.74, 6) is 3.21. The van der Waals surface area contributed by atoms with Crippen molar-refractivity contribution >= 4 is 11.9 Å². The van der Waals surface area contributed by atoms with Crippen molar-refractivity contribution in [1.82, 2.24) is 0 Å². The van der Waals surface area contributed by atoms with Crippen LogP contribution in [0.15, 0.2) is 53.5 Å². The van der Waals surface area contributed by atoms with Crippen molar-refractivity contribution in [3.05, 3.63) is 59.7 Å². The molecule has 2 rings (SSSR count). The van der Waals surface area contributed by atoms with Gasteiger partial charge in [-0.15, -0.1) is 6.42 Å². The molecular weight excluding hydrogens is 246 g/mol. The van der Waals surface area contributed by atoms with E-state index in [9.17, 15) is 0 Å². The maximum Gasteiger partial charge on any atom is 0.148 e. The second-order valence-corrected chi connectivity index (χ2v) is 4.31. The first kappa shape index (κ1) is 13.9. The summed E-state index contributed by atoms with van der Waals surface area (Å²) in [5.41, 5.74) is 3.15. The molecule has 0 aliphatic rings. The second kappa shape index (κ2) is 7.16. The van der Waals surface area contributed by atoms with E-state index in [-0.39, 0.29) is 6.61 Å². The third-order valence-electron chi connectivity index (χ3n) is 2.93. The van der Waals surface area contributed by atoms with Crippen molar-refractivity contribution in [3.8, 4) is 18.1 Å². The zero-order chi connectivity index (χ0) is 14.2. The number of nitrogens with zero attached hydrogens (tertiary/aromatic N) is 1. The van der Waals surface area contributed by atoms with E-state index in [1.807, 2.05) is 36.4 Å². The minimum Gasteiger partial charge on any atom is -0.480 e. The van der Waals surface area contributed by atoms with Crippen molar-refractivity contribution in [2.45, 2.75) is 13.3 Å². The minimum absolute atomic E-state index is 0.260. The summed E-state index contributed by atoms with van der Waals surface area (Å²) < 4.78 is 5.48. The average Bonchev–Trinajstić information content (AvgIpc) is 2.52. The molecule has 0 atom stereocenters. The zero-order valence-corrected chi connectivity index (χ0v) is 11.5. The number of ether oxygens (including phenoxy) is 1. The second-order valence-electron chi connectivity index (χ2n) is 4.31. The molecule has 100 valence electrons. The average molecular weight is 263 g/mol. The molecule has 0 heterocycles. The number of benzene rings is 2. The molecule has 0 bridgehead atoms. The summed E-state index contributed by atoms with van der Waals surface area (Å²) >= 11 is 0. The molecule has 0 aliphatic carbocycles. The highest BCUT2D eigenvalue weighted by atomic mass is 16.5. The molecule has 2 aromatic rings. The van der Waals surface area contributed by atoms with Gasteiger partial charge >= 0.3 is 0 Å². The van der Waals surface area contributed by atoms with Crippen LogP contribution in [0.5, 0.6) is 5.75 Å². The monoisotopic (exact) mass is 263 g/mol. The van der Waals surface area contributed by atoms with Crippen LogP contribution in [0.3, 0.4) is 0 Å². The number of aryl methyl sites for hydroxylation is 1. The maximum atomic E-state index is 5.48. The molecule has 20 heavy (non-hydrogen) atoms. The number of hydrogen-bond acceptors (Lipinski definition) is 2. The molecular formula is C18H17NO. The lowest BCUT2D eigenvalue weighted by Gasteiger charge is -2.05. The Hall–Kier alpha value is -2.53. The Labute approximate surface area is 120 Å². The van der Waals surface area contributed by atoms with E-state index in [4.69, 9.17) is 11.2 Å². The van der Waals surface area contributed by atoms with Gasteiger partial charge in [0.2, 0.25) is 0 Å². The van der Waals surface area contributed by atoms with Gasteiger partial charge in [0, 0.05) is 11.8 Å². The van der Waals surface area contributed by atoms with Gasteiger partial charge in [0.1, 0.15) is 12.4 Å². The highest BCUT2D eigenvalue weighted by molar-refractivity contribution is 5.85. The molecule has 2 nitrogen and oxygen atoms in total. The van der Waals surface area contributed by atoms with Crippen molar-refractivity contribution in [2.75, 3.05) is 6.61 Å². The van der Waals surface area contributed by atoms with E-state index in [0.717, 1.165) is 23.4 Å². The Kier molecular flexibility index (Phi) is 4.97. The van der Waals surface area contributed by atoms with E-state index in [2.05, 4.69) is 30.0 Å². The summed E-state index contributed by atoms with van der Waals surface area (Å²) in [4.78, 5) is 4.46. The molecule has 2 aromatic carbocycles. The van der Waals surface area contributed by atoms with Crippen molar-refractivity contribution in [1.29, 1.82) is 0 Å². The quantitative estimate of drug-likeness (QED) is 0.590. The van der Waals surface area contributed by atoms with Crippen LogP contribution in [0.4, 0.5) is 5.69 Å². The van der Waals surface area contributed by atoms with Gasteiger partial charge in [-0.2, -0.15) is 0 Å². The largest absolute Gasteiger partial charge is 0.480 e. The molecule has 0 unspecified atom stereocenters. The van der Waals surface area contributed by atoms with Crippen LogP contribution >= 0.6 is 0 Å². The van der Waals surface area contributed by atoms with Crippen LogP contribution in [0, 0.1) is 12.3 Å². The van der Waals surface area contributed by atoms with Gasteiger partial charge in [-0.3, -0.25) is 4.99 Å². The fourth-order valence-electron chi connectivity index (χ4n) is 1.80. The van der Waals surface area contributed by atoms with Crippen molar-refractivity contribution in [2.24, 2.45) is 4.99 Å². The number of hydrogen-bond donors (Lipinski definition) is 0. The lowest BCUT2D eigenvalue weighted by molar-refractivity contribution is 0.370. The van der Waals surface area contributed by atoms with E-state index in [1.165, 1.54) is 5.56 Å². The van der Waals surface area contributed by atoms with Gasteiger partial charge in [0.25, 0.3) is 0 Å². The summed E-state index contributed by atoms with van der Waals surface area (Å²) in [6.45, 7) is 2.40. The molecule has 0 radical (unpaired) electrons. The van der Waals surface area contributed by atoms with Crippen LogP contribution < -0.4 is 4.74 Å². The molecule has 2 heteroatoms. The number of para-hydroxylation sites is 1. The predicted octanol–water partition coefficient (Wildman–Crippen LogP) is 4.01. The SMILES string of the molecule is C#CCOc1ccccc1C=Nc1ccc(CC)cc1. The number of terminal acetylenes is 1. The Morgan fingerprint density at radius 3 is 2.60 bits per heavy atom. The Morgan fingerprint density at radius 1 is 1.15 bits per heavy atom. The number of aliphatic imine (C=N–C) groups is 1. The third kappa shape index (κ3) is 3.73. The lowest BCUT2D eigenvalue weighted by Crippen LogP contribution is -1.96. The Balaban J connectivity index is 2.16. The molecule has 0 amide bonds. The van der Waals surface area contributed by atoms with Crippen LogP contribution in [0.25, 0.3) is 0 Å². The highest BCUT2D eigenvalue weighted by Crippen LogP contribution is 2.18. The fraction of sp³-hybridized carbons (Fsp3) is 0.167. The zero-order valence-electron chi connectivity index (χ0n) is 11.5. The van der Waals surface area contributed by atoms with Crippen molar-refractivity contribution in [3.63, 3.8) is 0 Å². The van der Waals surface area contributed by atoms with Crippen LogP contribution in [0.2, 0.25) is 0 Å².